The summed E-state index contributed by atoms with van der Waals surface area (Å²) in [5.41, 5.74) is 2.13. The molecular formula is C11H7NOS. The van der Waals surface area contributed by atoms with Gasteiger partial charge in [-0.05, 0) is 18.2 Å². The number of hydrogen-bond donors (Lipinski definition) is 0. The first-order valence-electron chi connectivity index (χ1n) is 4.34. The van der Waals surface area contributed by atoms with E-state index in [1.165, 1.54) is 11.3 Å². The lowest BCUT2D eigenvalue weighted by molar-refractivity contribution is 1.17. The zero-order valence-corrected chi connectivity index (χ0v) is 8.12. The number of pyridine rings is 2. The van der Waals surface area contributed by atoms with Crippen molar-refractivity contribution in [1.29, 1.82) is 0 Å². The maximum absolute atomic E-state index is 11.2. The van der Waals surface area contributed by atoms with Gasteiger partial charge in [0.25, 0.3) is 0 Å². The smallest absolute Gasteiger partial charge is 0.233 e. The summed E-state index contributed by atoms with van der Waals surface area (Å²) in [7, 11) is 0. The molecule has 0 atom stereocenters. The fourth-order valence-electron chi connectivity index (χ4n) is 1.64. The predicted molar refractivity (Wildman–Crippen MR) is 58.2 cm³/mol. The largest absolute Gasteiger partial charge is 0.322 e. The van der Waals surface area contributed by atoms with Crippen molar-refractivity contribution in [1.82, 2.24) is 4.40 Å². The van der Waals surface area contributed by atoms with Gasteiger partial charge in [-0.3, -0.25) is 4.79 Å². The van der Waals surface area contributed by atoms with Crippen LogP contribution in [-0.4, -0.2) is 4.40 Å². The third-order valence-electron chi connectivity index (χ3n) is 2.28. The van der Waals surface area contributed by atoms with Crippen molar-refractivity contribution in [3.05, 3.63) is 52.3 Å². The minimum absolute atomic E-state index is 0.122. The van der Waals surface area contributed by atoms with Gasteiger partial charge in [-0.25, -0.2) is 0 Å². The monoisotopic (exact) mass is 201 g/mol. The Labute approximate surface area is 84.4 Å². The molecule has 0 radical (unpaired) electrons. The Balaban J connectivity index is 2.59. The van der Waals surface area contributed by atoms with Crippen molar-refractivity contribution < 1.29 is 0 Å². The summed E-state index contributed by atoms with van der Waals surface area (Å²) in [5.74, 6) is 0. The molecule has 0 N–H and O–H groups in total. The molecule has 3 rings (SSSR count). The average molecular weight is 201 g/mol. The molecule has 0 spiro atoms. The Morgan fingerprint density at radius 1 is 1.14 bits per heavy atom. The van der Waals surface area contributed by atoms with Crippen LogP contribution >= 0.6 is 11.3 Å². The normalized spacial score (nSPS) is 11.1. The van der Waals surface area contributed by atoms with E-state index in [9.17, 15) is 4.79 Å². The van der Waals surface area contributed by atoms with Gasteiger partial charge in [-0.2, -0.15) is 0 Å². The van der Waals surface area contributed by atoms with E-state index in [4.69, 9.17) is 0 Å². The van der Waals surface area contributed by atoms with Crippen LogP contribution in [0.5, 0.6) is 0 Å². The molecule has 14 heavy (non-hydrogen) atoms. The third-order valence-corrected chi connectivity index (χ3v) is 3.24. The van der Waals surface area contributed by atoms with Crippen LogP contribution in [-0.2, 0) is 0 Å². The van der Waals surface area contributed by atoms with Crippen LogP contribution in [0, 0.1) is 0 Å². The van der Waals surface area contributed by atoms with E-state index in [0.29, 0.717) is 0 Å². The minimum Gasteiger partial charge on any atom is -0.322 e. The molecule has 0 fully saturated rings. The van der Waals surface area contributed by atoms with Gasteiger partial charge >= 0.3 is 0 Å². The first-order chi connectivity index (χ1) is 6.84. The maximum atomic E-state index is 11.2. The number of thiophene rings is 1. The van der Waals surface area contributed by atoms with E-state index in [1.54, 1.807) is 6.07 Å². The van der Waals surface area contributed by atoms with Gasteiger partial charge in [0.1, 0.15) is 0 Å². The lowest BCUT2D eigenvalue weighted by Crippen LogP contribution is -1.87. The Kier molecular flexibility index (Phi) is 1.49. The number of fused-ring (bicyclic) bond motifs is 3. The molecule has 0 saturated carbocycles. The quantitative estimate of drug-likeness (QED) is 0.547. The molecule has 68 valence electrons. The van der Waals surface area contributed by atoms with Crippen LogP contribution in [0.15, 0.2) is 47.5 Å². The van der Waals surface area contributed by atoms with Gasteiger partial charge in [0.05, 0.1) is 10.4 Å². The van der Waals surface area contributed by atoms with Crippen molar-refractivity contribution in [3.63, 3.8) is 0 Å². The average Bonchev–Trinajstić information content (AvgIpc) is 2.59. The summed E-state index contributed by atoms with van der Waals surface area (Å²) >= 11 is 1.31. The third kappa shape index (κ3) is 0.992. The number of nitrogens with zero attached hydrogens (tertiary/aromatic N) is 1. The van der Waals surface area contributed by atoms with Gasteiger partial charge in [0.2, 0.25) is 4.74 Å². The number of aromatic nitrogens is 1. The van der Waals surface area contributed by atoms with E-state index < -0.39 is 0 Å². The molecule has 1 aromatic heterocycles. The van der Waals surface area contributed by atoms with Gasteiger partial charge in [0.15, 0.2) is 0 Å². The first kappa shape index (κ1) is 7.76. The second kappa shape index (κ2) is 2.69. The van der Waals surface area contributed by atoms with Gasteiger partial charge in [-0.15, -0.1) is 0 Å². The van der Waals surface area contributed by atoms with Crippen LogP contribution in [0.25, 0.3) is 16.0 Å². The zero-order valence-electron chi connectivity index (χ0n) is 7.31. The van der Waals surface area contributed by atoms with Crippen molar-refractivity contribution in [2.45, 2.75) is 0 Å². The van der Waals surface area contributed by atoms with Gasteiger partial charge < -0.3 is 4.40 Å². The summed E-state index contributed by atoms with van der Waals surface area (Å²) in [6.45, 7) is 0. The van der Waals surface area contributed by atoms with Crippen molar-refractivity contribution >= 4 is 16.9 Å². The second-order valence-electron chi connectivity index (χ2n) is 3.16. The molecule has 0 unspecified atom stereocenters. The molecule has 1 aromatic rings. The lowest BCUT2D eigenvalue weighted by Gasteiger charge is -2.04. The highest BCUT2D eigenvalue weighted by Crippen LogP contribution is 2.28. The standard InChI is InChI=1S/C11H7NOS/c13-10-7-8-4-6-12-5-2-1-3-9(12)11(8)14-10/h1-7H. The van der Waals surface area contributed by atoms with E-state index in [-0.39, 0.29) is 4.74 Å². The molecule has 2 aliphatic heterocycles. The fraction of sp³-hybridized carbons (Fsp3) is 0. The molecule has 2 nitrogen and oxygen atoms in total. The van der Waals surface area contributed by atoms with Crippen molar-refractivity contribution in [2.75, 3.05) is 0 Å². The van der Waals surface area contributed by atoms with E-state index in [0.717, 1.165) is 16.0 Å². The van der Waals surface area contributed by atoms with E-state index >= 15 is 0 Å². The highest BCUT2D eigenvalue weighted by Gasteiger charge is 2.08. The van der Waals surface area contributed by atoms with E-state index in [1.807, 2.05) is 41.1 Å². The topological polar surface area (TPSA) is 21.5 Å². The van der Waals surface area contributed by atoms with Crippen LogP contribution < -0.4 is 4.74 Å². The highest BCUT2D eigenvalue weighted by molar-refractivity contribution is 7.14. The van der Waals surface area contributed by atoms with Gasteiger partial charge in [0, 0.05) is 24.0 Å². The molecule has 2 aliphatic rings. The van der Waals surface area contributed by atoms with Crippen LogP contribution in [0.4, 0.5) is 0 Å². The maximum Gasteiger partial charge on any atom is 0.233 e. The minimum atomic E-state index is 0.122. The molecule has 3 heterocycles. The molecule has 0 aliphatic carbocycles. The number of rotatable bonds is 0. The second-order valence-corrected chi connectivity index (χ2v) is 4.17. The van der Waals surface area contributed by atoms with Crippen LogP contribution in [0.3, 0.4) is 0 Å². The summed E-state index contributed by atoms with van der Waals surface area (Å²) in [4.78, 5) is 12.3. The number of hydrogen-bond acceptors (Lipinski definition) is 2. The Morgan fingerprint density at radius 3 is 3.00 bits per heavy atom. The summed E-state index contributed by atoms with van der Waals surface area (Å²) in [5, 5.41) is 0. The van der Waals surface area contributed by atoms with Crippen molar-refractivity contribution in [3.8, 4) is 10.4 Å². The first-order valence-corrected chi connectivity index (χ1v) is 5.16. The zero-order chi connectivity index (χ0) is 9.54. The molecule has 0 bridgehead atoms. The fourth-order valence-corrected chi connectivity index (χ4v) is 2.55. The summed E-state index contributed by atoms with van der Waals surface area (Å²) < 4.78 is 2.15. The summed E-state index contributed by atoms with van der Waals surface area (Å²) in [6, 6.07) is 9.65. The van der Waals surface area contributed by atoms with Gasteiger partial charge in [-0.1, -0.05) is 17.4 Å². The predicted octanol–water partition coefficient (Wildman–Crippen LogP) is 2.47. The Bertz CT molecular complexity index is 623. The van der Waals surface area contributed by atoms with Crippen LogP contribution in [0.2, 0.25) is 0 Å². The Morgan fingerprint density at radius 2 is 2.07 bits per heavy atom. The highest BCUT2D eigenvalue weighted by atomic mass is 32.1. The molecule has 0 saturated heterocycles. The molecule has 0 aromatic carbocycles. The SMILES string of the molecule is O=c1cc2ccn3ccccc3c-2s1. The van der Waals surface area contributed by atoms with Crippen molar-refractivity contribution in [2.24, 2.45) is 0 Å². The summed E-state index contributed by atoms with van der Waals surface area (Å²) in [6.07, 6.45) is 3.96. The van der Waals surface area contributed by atoms with E-state index in [2.05, 4.69) is 0 Å². The Hall–Kier alpha value is -1.61. The van der Waals surface area contributed by atoms with Crippen LogP contribution in [0.1, 0.15) is 0 Å². The molecule has 3 heteroatoms. The molecule has 0 amide bonds. The lowest BCUT2D eigenvalue weighted by atomic mass is 10.2. The molecular weight excluding hydrogens is 194 g/mol.